The van der Waals surface area contributed by atoms with Crippen molar-refractivity contribution in [2.75, 3.05) is 6.61 Å². The van der Waals surface area contributed by atoms with Crippen molar-refractivity contribution in [3.05, 3.63) is 43.6 Å². The predicted octanol–water partition coefficient (Wildman–Crippen LogP) is 3.70. The van der Waals surface area contributed by atoms with Crippen LogP contribution in [0.15, 0.2) is 17.1 Å². The molecule has 27 heavy (non-hydrogen) atoms. The van der Waals surface area contributed by atoms with E-state index in [0.29, 0.717) is 22.0 Å². The Hall–Kier alpha value is -2.32. The van der Waals surface area contributed by atoms with Crippen LogP contribution in [0.1, 0.15) is 38.4 Å². The van der Waals surface area contributed by atoms with Gasteiger partial charge in [0.15, 0.2) is 4.80 Å². The summed E-state index contributed by atoms with van der Waals surface area (Å²) in [6.45, 7) is 9.82. The standard InChI is InChI=1S/C19H21N3O3S2/c1-6-25-16(23)9-22-14-7-10(2)11(3)8-15(14)27-19(22)21-18(24)17-12(4)20-13(5)26-17/h7-8H,6,9H2,1-5H3. The second-order valence-corrected chi connectivity index (χ2v) is 8.46. The van der Waals surface area contributed by atoms with E-state index in [0.717, 1.165) is 26.4 Å². The summed E-state index contributed by atoms with van der Waals surface area (Å²) in [5.74, 6) is -0.690. The molecule has 3 rings (SSSR count). The molecule has 0 aliphatic carbocycles. The highest BCUT2D eigenvalue weighted by Gasteiger charge is 2.16. The Morgan fingerprint density at radius 3 is 2.48 bits per heavy atom. The van der Waals surface area contributed by atoms with Gasteiger partial charge in [-0.15, -0.1) is 11.3 Å². The molecular weight excluding hydrogens is 382 g/mol. The van der Waals surface area contributed by atoms with Gasteiger partial charge in [-0.2, -0.15) is 4.99 Å². The molecule has 0 bridgehead atoms. The molecule has 0 N–H and O–H groups in total. The van der Waals surface area contributed by atoms with Crippen molar-refractivity contribution >= 4 is 44.8 Å². The lowest BCUT2D eigenvalue weighted by molar-refractivity contribution is -0.143. The van der Waals surface area contributed by atoms with E-state index >= 15 is 0 Å². The van der Waals surface area contributed by atoms with Crippen LogP contribution >= 0.6 is 22.7 Å². The first-order valence-corrected chi connectivity index (χ1v) is 10.2. The molecule has 0 aliphatic rings. The molecule has 0 saturated carbocycles. The summed E-state index contributed by atoms with van der Waals surface area (Å²) >= 11 is 2.73. The van der Waals surface area contributed by atoms with Gasteiger partial charge in [0.1, 0.15) is 11.4 Å². The fourth-order valence-corrected chi connectivity index (χ4v) is 4.67. The van der Waals surface area contributed by atoms with E-state index in [1.165, 1.54) is 22.7 Å². The fourth-order valence-electron chi connectivity index (χ4n) is 2.76. The molecule has 3 aromatic rings. The van der Waals surface area contributed by atoms with Crippen LogP contribution in [0, 0.1) is 27.7 Å². The summed E-state index contributed by atoms with van der Waals surface area (Å²) in [6.07, 6.45) is 0. The van der Waals surface area contributed by atoms with E-state index in [1.807, 2.05) is 26.8 Å². The molecule has 2 aromatic heterocycles. The molecule has 0 atom stereocenters. The fraction of sp³-hybridized carbons (Fsp3) is 0.368. The number of benzene rings is 1. The van der Waals surface area contributed by atoms with Gasteiger partial charge in [0.2, 0.25) is 0 Å². The lowest BCUT2D eigenvalue weighted by Gasteiger charge is -2.06. The van der Waals surface area contributed by atoms with Crippen LogP contribution in [0.4, 0.5) is 0 Å². The number of nitrogens with zero attached hydrogens (tertiary/aromatic N) is 3. The minimum absolute atomic E-state index is 0.0170. The van der Waals surface area contributed by atoms with Gasteiger partial charge in [0.05, 0.1) is 27.5 Å². The quantitative estimate of drug-likeness (QED) is 0.623. The van der Waals surface area contributed by atoms with Gasteiger partial charge in [0.25, 0.3) is 5.91 Å². The van der Waals surface area contributed by atoms with Crippen LogP contribution in [-0.2, 0) is 16.1 Å². The van der Waals surface area contributed by atoms with Crippen molar-refractivity contribution in [2.45, 2.75) is 41.2 Å². The smallest absolute Gasteiger partial charge is 0.326 e. The van der Waals surface area contributed by atoms with Crippen LogP contribution in [0.5, 0.6) is 0 Å². The van der Waals surface area contributed by atoms with Gasteiger partial charge < -0.3 is 9.30 Å². The summed E-state index contributed by atoms with van der Waals surface area (Å²) < 4.78 is 7.83. The Balaban J connectivity index is 2.16. The molecule has 0 fully saturated rings. The average Bonchev–Trinajstić information content (AvgIpc) is 3.08. The van der Waals surface area contributed by atoms with Crippen LogP contribution < -0.4 is 4.80 Å². The number of esters is 1. The molecule has 0 saturated heterocycles. The summed E-state index contributed by atoms with van der Waals surface area (Å²) in [5, 5.41) is 0.827. The molecule has 1 amide bonds. The van der Waals surface area contributed by atoms with Gasteiger partial charge in [0, 0.05) is 0 Å². The van der Waals surface area contributed by atoms with Crippen molar-refractivity contribution in [1.29, 1.82) is 0 Å². The highest BCUT2D eigenvalue weighted by Crippen LogP contribution is 2.23. The SMILES string of the molecule is CCOC(=O)Cn1c(=NC(=O)c2sc(C)nc2C)sc2cc(C)c(C)cc21. The van der Waals surface area contributed by atoms with E-state index in [4.69, 9.17) is 4.74 Å². The number of amides is 1. The molecular formula is C19H21N3O3S2. The van der Waals surface area contributed by atoms with Gasteiger partial charge in [-0.25, -0.2) is 4.98 Å². The maximum absolute atomic E-state index is 12.7. The third kappa shape index (κ3) is 4.01. The molecule has 1 aromatic carbocycles. The molecule has 142 valence electrons. The highest BCUT2D eigenvalue weighted by molar-refractivity contribution is 7.16. The Kier molecular flexibility index (Phi) is 5.57. The van der Waals surface area contributed by atoms with E-state index in [2.05, 4.69) is 16.0 Å². The lowest BCUT2D eigenvalue weighted by Crippen LogP contribution is -2.23. The first-order chi connectivity index (χ1) is 12.8. The van der Waals surface area contributed by atoms with E-state index in [1.54, 1.807) is 18.4 Å². The van der Waals surface area contributed by atoms with Crippen LogP contribution in [-0.4, -0.2) is 28.0 Å². The maximum atomic E-state index is 12.7. The summed E-state index contributed by atoms with van der Waals surface area (Å²) in [6, 6.07) is 4.08. The van der Waals surface area contributed by atoms with Crippen molar-refractivity contribution < 1.29 is 14.3 Å². The monoisotopic (exact) mass is 403 g/mol. The summed E-state index contributed by atoms with van der Waals surface area (Å²) in [7, 11) is 0. The van der Waals surface area contributed by atoms with Gasteiger partial charge in [-0.3, -0.25) is 9.59 Å². The molecule has 2 heterocycles. The number of thiazole rings is 2. The normalized spacial score (nSPS) is 12.0. The maximum Gasteiger partial charge on any atom is 0.326 e. The third-order valence-corrected chi connectivity index (χ3v) is 6.29. The van der Waals surface area contributed by atoms with Crippen molar-refractivity contribution in [2.24, 2.45) is 4.99 Å². The number of aromatic nitrogens is 2. The molecule has 6 nitrogen and oxygen atoms in total. The zero-order chi connectivity index (χ0) is 19.7. The van der Waals surface area contributed by atoms with Gasteiger partial charge in [-0.1, -0.05) is 11.3 Å². The van der Waals surface area contributed by atoms with Crippen LogP contribution in [0.2, 0.25) is 0 Å². The average molecular weight is 404 g/mol. The number of carbonyl (C=O) groups is 2. The largest absolute Gasteiger partial charge is 0.465 e. The van der Waals surface area contributed by atoms with E-state index in [-0.39, 0.29) is 18.4 Å². The zero-order valence-electron chi connectivity index (χ0n) is 16.0. The Labute approximate surface area is 165 Å². The molecule has 0 radical (unpaired) electrons. The lowest BCUT2D eigenvalue weighted by atomic mass is 10.1. The van der Waals surface area contributed by atoms with E-state index in [9.17, 15) is 9.59 Å². The van der Waals surface area contributed by atoms with Crippen LogP contribution in [0.3, 0.4) is 0 Å². The Morgan fingerprint density at radius 1 is 1.15 bits per heavy atom. The second-order valence-electron chi connectivity index (χ2n) is 6.24. The zero-order valence-corrected chi connectivity index (χ0v) is 17.6. The minimum Gasteiger partial charge on any atom is -0.465 e. The molecule has 8 heteroatoms. The van der Waals surface area contributed by atoms with Crippen LogP contribution in [0.25, 0.3) is 10.2 Å². The van der Waals surface area contributed by atoms with Crippen molar-refractivity contribution in [1.82, 2.24) is 9.55 Å². The number of ether oxygens (including phenoxy) is 1. The number of aryl methyl sites for hydroxylation is 4. The highest BCUT2D eigenvalue weighted by atomic mass is 32.1. The Morgan fingerprint density at radius 2 is 1.85 bits per heavy atom. The molecule has 0 unspecified atom stereocenters. The number of carbonyl (C=O) groups excluding carboxylic acids is 2. The van der Waals surface area contributed by atoms with Gasteiger partial charge in [-0.05, 0) is 57.9 Å². The van der Waals surface area contributed by atoms with Crippen molar-refractivity contribution in [3.8, 4) is 0 Å². The first-order valence-electron chi connectivity index (χ1n) is 8.59. The second kappa shape index (κ2) is 7.74. The number of fused-ring (bicyclic) bond motifs is 1. The number of rotatable bonds is 4. The molecule has 0 spiro atoms. The van der Waals surface area contributed by atoms with Gasteiger partial charge >= 0.3 is 5.97 Å². The summed E-state index contributed by atoms with van der Waals surface area (Å²) in [5.41, 5.74) is 3.82. The predicted molar refractivity (Wildman–Crippen MR) is 107 cm³/mol. The first kappa shape index (κ1) is 19.4. The Bertz CT molecular complexity index is 1110. The topological polar surface area (TPSA) is 73.6 Å². The minimum atomic E-state index is -0.353. The molecule has 0 aliphatic heterocycles. The van der Waals surface area contributed by atoms with E-state index < -0.39 is 0 Å². The third-order valence-electron chi connectivity index (χ3n) is 4.19. The summed E-state index contributed by atoms with van der Waals surface area (Å²) in [4.78, 5) is 34.4. The van der Waals surface area contributed by atoms with Crippen molar-refractivity contribution in [3.63, 3.8) is 0 Å². The number of hydrogen-bond acceptors (Lipinski definition) is 6. The number of hydrogen-bond donors (Lipinski definition) is 0.